The number of benzene rings is 24. The molecule has 0 bridgehead atoms. The number of para-hydroxylation sites is 7. The van der Waals surface area contributed by atoms with E-state index in [-0.39, 0.29) is 0 Å². The third kappa shape index (κ3) is 15.2. The zero-order valence-corrected chi connectivity index (χ0v) is 75.3. The molecule has 0 saturated heterocycles. The van der Waals surface area contributed by atoms with Crippen molar-refractivity contribution in [2.24, 2.45) is 0 Å². The van der Waals surface area contributed by atoms with Gasteiger partial charge in [0.25, 0.3) is 0 Å². The molecule has 138 heavy (non-hydrogen) atoms. The van der Waals surface area contributed by atoms with E-state index >= 15 is 0 Å². The minimum Gasteiger partial charge on any atom is -0.455 e. The summed E-state index contributed by atoms with van der Waals surface area (Å²) >= 11 is 0. The van der Waals surface area contributed by atoms with Gasteiger partial charge in [-0.2, -0.15) is 0 Å². The van der Waals surface area contributed by atoms with Crippen LogP contribution in [0, 0.1) is 0 Å². The van der Waals surface area contributed by atoms with E-state index in [1.165, 1.54) is 98.0 Å². The lowest BCUT2D eigenvalue weighted by molar-refractivity contribution is 0.669. The number of anilines is 9. The lowest BCUT2D eigenvalue weighted by atomic mass is 9.99. The van der Waals surface area contributed by atoms with E-state index in [4.69, 9.17) is 13.3 Å². The van der Waals surface area contributed by atoms with E-state index in [1.54, 1.807) is 0 Å². The van der Waals surface area contributed by atoms with Crippen LogP contribution in [-0.2, 0) is 0 Å². The molecule has 0 spiro atoms. The molecular formula is C132H87N3O3. The predicted molar refractivity (Wildman–Crippen MR) is 583 cm³/mol. The summed E-state index contributed by atoms with van der Waals surface area (Å²) in [6, 6.07) is 188. The summed E-state index contributed by atoms with van der Waals surface area (Å²) < 4.78 is 19.1. The molecule has 0 aliphatic rings. The van der Waals surface area contributed by atoms with Crippen molar-refractivity contribution in [1.29, 1.82) is 0 Å². The Labute approximate surface area is 798 Å². The molecule has 648 valence electrons. The van der Waals surface area contributed by atoms with Gasteiger partial charge in [0.15, 0.2) is 0 Å². The van der Waals surface area contributed by atoms with Crippen molar-refractivity contribution in [1.82, 2.24) is 0 Å². The van der Waals surface area contributed by atoms with E-state index < -0.39 is 0 Å². The van der Waals surface area contributed by atoms with Crippen molar-refractivity contribution in [2.75, 3.05) is 14.7 Å². The fraction of sp³-hybridized carbons (Fsp3) is 0. The van der Waals surface area contributed by atoms with Crippen LogP contribution < -0.4 is 14.7 Å². The van der Waals surface area contributed by atoms with Crippen LogP contribution in [0.25, 0.3) is 197 Å². The molecule has 3 heterocycles. The van der Waals surface area contributed by atoms with E-state index in [0.29, 0.717) is 0 Å². The quantitative estimate of drug-likeness (QED) is 0.0954. The van der Waals surface area contributed by atoms with Crippen LogP contribution in [0.1, 0.15) is 0 Å². The number of fused-ring (bicyclic) bond motifs is 18. The van der Waals surface area contributed by atoms with Gasteiger partial charge in [-0.25, -0.2) is 0 Å². The Hall–Kier alpha value is -18.4. The summed E-state index contributed by atoms with van der Waals surface area (Å²) in [6.45, 7) is 0. The Balaban J connectivity index is 0.000000110. The molecule has 0 fully saturated rings. The average molecular weight is 1760 g/mol. The summed E-state index contributed by atoms with van der Waals surface area (Å²) in [5.41, 5.74) is 29.2. The standard InChI is InChI=1S/3C44H29NO/c1-2-11-30(12-3-1)38-15-6-8-19-42(38)45(35-27-28-37-33(29-35)22-21-31-13-4-5-14-36(31)37)34-25-23-32(24-26-34)39-17-10-18-41-40-16-7-9-20-43(40)46-44(39)41;1-2-10-30(11-3-1)33-13-8-14-36(28-33)45(37-26-27-39-34(29-37)21-20-31-12-4-5-15-38(31)39)35-24-22-32(23-25-35)40-17-9-18-42-41-16-6-7-19-43(41)46-44(40)42;1-2-9-30(10-3-1)31-19-23-35(24-20-31)45(37-27-28-39-34(29-37)18-17-32-11-4-5-12-38(32)39)36-25-21-33(22-26-36)40-14-8-15-42-41-13-6-7-16-43(41)46-44(40)42/h3*1-29H. The second kappa shape index (κ2) is 35.3. The van der Waals surface area contributed by atoms with Crippen molar-refractivity contribution >= 4 is 182 Å². The molecular weight excluding hydrogens is 1680 g/mol. The van der Waals surface area contributed by atoms with Gasteiger partial charge in [0.1, 0.15) is 33.5 Å². The van der Waals surface area contributed by atoms with Crippen LogP contribution in [0.4, 0.5) is 51.2 Å². The maximum Gasteiger partial charge on any atom is 0.143 e. The highest BCUT2D eigenvalue weighted by molar-refractivity contribution is 6.15. The maximum absolute atomic E-state index is 6.38. The van der Waals surface area contributed by atoms with Crippen molar-refractivity contribution in [3.63, 3.8) is 0 Å². The van der Waals surface area contributed by atoms with Crippen molar-refractivity contribution in [3.8, 4) is 66.8 Å². The number of rotatable bonds is 15. The molecule has 0 saturated carbocycles. The fourth-order valence-electron chi connectivity index (χ4n) is 20.5. The summed E-state index contributed by atoms with van der Waals surface area (Å²) in [7, 11) is 0. The molecule has 0 N–H and O–H groups in total. The molecule has 0 amide bonds. The van der Waals surface area contributed by atoms with Crippen molar-refractivity contribution in [2.45, 2.75) is 0 Å². The van der Waals surface area contributed by atoms with Gasteiger partial charge in [-0.3, -0.25) is 0 Å². The molecule has 0 radical (unpaired) electrons. The normalized spacial score (nSPS) is 11.5. The van der Waals surface area contributed by atoms with Gasteiger partial charge in [-0.1, -0.05) is 406 Å². The number of hydrogen-bond donors (Lipinski definition) is 0. The third-order valence-electron chi connectivity index (χ3n) is 27.2. The Morgan fingerprint density at radius 3 is 0.775 bits per heavy atom. The molecule has 24 aromatic carbocycles. The number of hydrogen-bond acceptors (Lipinski definition) is 6. The predicted octanol–water partition coefficient (Wildman–Crippen LogP) is 38.1. The van der Waals surface area contributed by atoms with Crippen LogP contribution in [0.5, 0.6) is 0 Å². The number of furan rings is 3. The van der Waals surface area contributed by atoms with Gasteiger partial charge in [0.2, 0.25) is 0 Å². The third-order valence-corrected chi connectivity index (χ3v) is 27.2. The summed E-state index contributed by atoms with van der Waals surface area (Å²) in [6.07, 6.45) is 0. The first-order valence-electron chi connectivity index (χ1n) is 47.0. The highest BCUT2D eigenvalue weighted by atomic mass is 16.3. The second-order valence-corrected chi connectivity index (χ2v) is 35.3. The van der Waals surface area contributed by atoms with Crippen molar-refractivity contribution in [3.05, 3.63) is 528 Å². The van der Waals surface area contributed by atoms with Crippen LogP contribution >= 0.6 is 0 Å². The van der Waals surface area contributed by atoms with E-state index in [2.05, 4.69) is 506 Å². The summed E-state index contributed by atoms with van der Waals surface area (Å²) in [5, 5.41) is 21.8. The number of nitrogens with zero attached hydrogens (tertiary/aromatic N) is 3. The summed E-state index contributed by atoms with van der Waals surface area (Å²) in [5.74, 6) is 0. The molecule has 0 atom stereocenters. The van der Waals surface area contributed by atoms with Gasteiger partial charge < -0.3 is 28.0 Å². The largest absolute Gasteiger partial charge is 0.455 e. The highest BCUT2D eigenvalue weighted by Crippen LogP contribution is 2.49. The highest BCUT2D eigenvalue weighted by Gasteiger charge is 2.24. The van der Waals surface area contributed by atoms with E-state index in [0.717, 1.165) is 150 Å². The first-order valence-corrected chi connectivity index (χ1v) is 47.0. The molecule has 27 rings (SSSR count). The molecule has 3 aromatic heterocycles. The Kier molecular flexibility index (Phi) is 20.9. The van der Waals surface area contributed by atoms with Crippen LogP contribution in [0.3, 0.4) is 0 Å². The van der Waals surface area contributed by atoms with E-state index in [1.807, 2.05) is 36.4 Å². The lowest BCUT2D eigenvalue weighted by Crippen LogP contribution is -2.11. The molecule has 27 aromatic rings. The minimum atomic E-state index is 0.911. The van der Waals surface area contributed by atoms with Crippen LogP contribution in [0.15, 0.2) is 541 Å². The van der Waals surface area contributed by atoms with Gasteiger partial charge in [-0.05, 0) is 230 Å². The topological polar surface area (TPSA) is 49.1 Å². The minimum absolute atomic E-state index is 0.911. The van der Waals surface area contributed by atoms with Crippen molar-refractivity contribution < 1.29 is 13.3 Å². The fourth-order valence-corrected chi connectivity index (χ4v) is 20.5. The lowest BCUT2D eigenvalue weighted by Gasteiger charge is -2.28. The molecule has 0 unspecified atom stereocenters. The van der Waals surface area contributed by atoms with E-state index in [9.17, 15) is 0 Å². The maximum atomic E-state index is 6.38. The van der Waals surface area contributed by atoms with Gasteiger partial charge >= 0.3 is 0 Å². The van der Waals surface area contributed by atoms with Crippen LogP contribution in [0.2, 0.25) is 0 Å². The van der Waals surface area contributed by atoms with Gasteiger partial charge in [0, 0.05) is 100 Å². The van der Waals surface area contributed by atoms with Gasteiger partial charge in [0.05, 0.1) is 5.69 Å². The average Bonchev–Trinajstić information content (AvgIpc) is 1.69. The molecule has 0 aliphatic carbocycles. The van der Waals surface area contributed by atoms with Crippen LogP contribution in [-0.4, -0.2) is 0 Å². The molecule has 6 heteroatoms. The Morgan fingerprint density at radius 1 is 0.123 bits per heavy atom. The Bertz CT molecular complexity index is 9270. The first kappa shape index (κ1) is 81.6. The molecule has 6 nitrogen and oxygen atoms in total. The zero-order chi connectivity index (χ0) is 91.4. The SMILES string of the molecule is c1ccc(-c2ccc(N(c3ccc(-c4cccc5c4oc4ccccc45)cc3)c3ccc4c(ccc5ccccc54)c3)cc2)cc1.c1ccc(-c2cccc(N(c3ccc(-c4cccc5c4oc4ccccc45)cc3)c3ccc4c(ccc5ccccc54)c3)c2)cc1.c1ccc(-c2ccccc2N(c2ccc(-c3cccc4c3oc3ccccc34)cc2)c2ccc3c(ccc4ccccc43)c2)cc1. The molecule has 0 aliphatic heterocycles. The zero-order valence-electron chi connectivity index (χ0n) is 75.3. The monoisotopic (exact) mass is 1760 g/mol. The smallest absolute Gasteiger partial charge is 0.143 e. The second-order valence-electron chi connectivity index (χ2n) is 35.3. The Morgan fingerprint density at radius 2 is 0.370 bits per heavy atom. The first-order chi connectivity index (χ1) is 68.4. The summed E-state index contributed by atoms with van der Waals surface area (Å²) in [4.78, 5) is 7.07. The van der Waals surface area contributed by atoms with Gasteiger partial charge in [-0.15, -0.1) is 0 Å².